The van der Waals surface area contributed by atoms with Crippen molar-refractivity contribution in [3.63, 3.8) is 0 Å². The second-order valence-corrected chi connectivity index (χ2v) is 6.74. The summed E-state index contributed by atoms with van der Waals surface area (Å²) in [6, 6.07) is 7.57. The number of hydrogen-bond acceptors (Lipinski definition) is 4. The first-order valence-corrected chi connectivity index (χ1v) is 8.26. The Morgan fingerprint density at radius 3 is 2.86 bits per heavy atom. The van der Waals surface area contributed by atoms with Gasteiger partial charge >= 0.3 is 0 Å². The number of carbonyl (C=O) groups is 1. The molecule has 1 aromatic heterocycles. The van der Waals surface area contributed by atoms with Crippen molar-refractivity contribution in [1.29, 1.82) is 0 Å². The zero-order valence-electron chi connectivity index (χ0n) is 11.8. The van der Waals surface area contributed by atoms with E-state index in [2.05, 4.69) is 10.2 Å². The number of thioether (sulfide) groups is 1. The minimum absolute atomic E-state index is 0.0146. The van der Waals surface area contributed by atoms with Crippen molar-refractivity contribution >= 4 is 29.1 Å². The molecule has 0 radical (unpaired) electrons. The Balaban J connectivity index is 1.86. The van der Waals surface area contributed by atoms with Crippen LogP contribution in [0.2, 0.25) is 5.02 Å². The third-order valence-electron chi connectivity index (χ3n) is 3.70. The number of nitrogens with zero attached hydrogens (tertiary/aromatic N) is 3. The highest BCUT2D eigenvalue weighted by Crippen LogP contribution is 2.33. The van der Waals surface area contributed by atoms with Crippen molar-refractivity contribution in [3.8, 4) is 11.4 Å². The maximum Gasteiger partial charge on any atom is 0.191 e. The van der Waals surface area contributed by atoms with Gasteiger partial charge < -0.3 is 4.57 Å². The lowest BCUT2D eigenvalue weighted by Crippen LogP contribution is -2.21. The van der Waals surface area contributed by atoms with E-state index < -0.39 is 0 Å². The molecule has 1 aromatic carbocycles. The van der Waals surface area contributed by atoms with Gasteiger partial charge in [-0.1, -0.05) is 41.9 Å². The van der Waals surface area contributed by atoms with Gasteiger partial charge in [-0.3, -0.25) is 4.79 Å². The lowest BCUT2D eigenvalue weighted by Gasteiger charge is -2.19. The number of rotatable bonds is 3. The molecule has 21 heavy (non-hydrogen) atoms. The second kappa shape index (κ2) is 6.20. The average Bonchev–Trinajstić information content (AvgIpc) is 2.83. The summed E-state index contributed by atoms with van der Waals surface area (Å²) >= 11 is 7.73. The highest BCUT2D eigenvalue weighted by atomic mass is 35.5. The minimum atomic E-state index is 0.0146. The Morgan fingerprint density at radius 1 is 1.29 bits per heavy atom. The largest absolute Gasteiger partial charge is 0.305 e. The summed E-state index contributed by atoms with van der Waals surface area (Å²) in [5.74, 6) is 1.06. The highest BCUT2D eigenvalue weighted by Gasteiger charge is 2.25. The van der Waals surface area contributed by atoms with E-state index in [-0.39, 0.29) is 5.25 Å². The molecule has 1 saturated carbocycles. The molecule has 0 unspecified atom stereocenters. The summed E-state index contributed by atoms with van der Waals surface area (Å²) in [4.78, 5) is 11.9. The zero-order chi connectivity index (χ0) is 14.8. The standard InChI is InChI=1S/C15H16ClN3OS/c1-19-14(10-6-2-3-7-11(10)16)17-18-15(19)21-13-9-5-4-8-12(13)20/h2-3,6-7,13H,4-5,8-9H2,1H3/t13-/m0/s1. The van der Waals surface area contributed by atoms with E-state index in [0.29, 0.717) is 17.2 Å². The van der Waals surface area contributed by atoms with Crippen LogP contribution in [0.5, 0.6) is 0 Å². The van der Waals surface area contributed by atoms with Crippen LogP contribution in [-0.2, 0) is 11.8 Å². The van der Waals surface area contributed by atoms with Gasteiger partial charge in [0.15, 0.2) is 11.0 Å². The van der Waals surface area contributed by atoms with Crippen LogP contribution in [0.25, 0.3) is 11.4 Å². The van der Waals surface area contributed by atoms with Crippen molar-refractivity contribution in [1.82, 2.24) is 14.8 Å². The van der Waals surface area contributed by atoms with E-state index >= 15 is 0 Å². The monoisotopic (exact) mass is 321 g/mol. The summed E-state index contributed by atoms with van der Waals surface area (Å²) in [6.07, 6.45) is 3.74. The first kappa shape index (κ1) is 14.6. The van der Waals surface area contributed by atoms with Crippen LogP contribution < -0.4 is 0 Å². The van der Waals surface area contributed by atoms with Gasteiger partial charge in [-0.15, -0.1) is 10.2 Å². The third kappa shape index (κ3) is 2.99. The number of halogens is 1. The van der Waals surface area contributed by atoms with Crippen molar-refractivity contribution < 1.29 is 4.79 Å². The maximum absolute atomic E-state index is 11.9. The fraction of sp³-hybridized carbons (Fsp3) is 0.400. The molecule has 0 amide bonds. The van der Waals surface area contributed by atoms with Crippen LogP contribution in [0.3, 0.4) is 0 Å². The molecule has 1 heterocycles. The lowest BCUT2D eigenvalue weighted by molar-refractivity contribution is -0.119. The lowest BCUT2D eigenvalue weighted by atomic mass is 9.99. The first-order chi connectivity index (χ1) is 10.2. The molecule has 1 atom stereocenters. The molecule has 2 aromatic rings. The summed E-state index contributed by atoms with van der Waals surface area (Å²) in [7, 11) is 1.91. The van der Waals surface area contributed by atoms with E-state index in [0.717, 1.165) is 35.8 Å². The number of aromatic nitrogens is 3. The molecule has 0 N–H and O–H groups in total. The smallest absolute Gasteiger partial charge is 0.191 e. The molecule has 1 aliphatic carbocycles. The van der Waals surface area contributed by atoms with Gasteiger partial charge in [-0.2, -0.15) is 0 Å². The summed E-state index contributed by atoms with van der Waals surface area (Å²) in [5.41, 5.74) is 0.857. The molecule has 0 spiro atoms. The van der Waals surface area contributed by atoms with Crippen LogP contribution in [-0.4, -0.2) is 25.8 Å². The summed E-state index contributed by atoms with van der Waals surface area (Å²) in [5, 5.41) is 9.89. The predicted octanol–water partition coefficient (Wildman–Crippen LogP) is 3.74. The van der Waals surface area contributed by atoms with E-state index in [9.17, 15) is 4.79 Å². The molecule has 110 valence electrons. The van der Waals surface area contributed by atoms with Gasteiger partial charge in [-0.05, 0) is 25.0 Å². The number of hydrogen-bond donors (Lipinski definition) is 0. The average molecular weight is 322 g/mol. The van der Waals surface area contributed by atoms with Crippen LogP contribution >= 0.6 is 23.4 Å². The van der Waals surface area contributed by atoms with Crippen LogP contribution in [0.15, 0.2) is 29.4 Å². The van der Waals surface area contributed by atoms with Gasteiger partial charge in [0.2, 0.25) is 0 Å². The normalized spacial score (nSPS) is 19.0. The molecule has 1 aliphatic rings. The van der Waals surface area contributed by atoms with Crippen LogP contribution in [0, 0.1) is 0 Å². The summed E-state index contributed by atoms with van der Waals surface area (Å²) in [6.45, 7) is 0. The Morgan fingerprint density at radius 2 is 2.10 bits per heavy atom. The van der Waals surface area contributed by atoms with Crippen molar-refractivity contribution in [2.45, 2.75) is 36.1 Å². The minimum Gasteiger partial charge on any atom is -0.305 e. The van der Waals surface area contributed by atoms with Gasteiger partial charge in [0, 0.05) is 19.0 Å². The Hall–Kier alpha value is -1.33. The molecular formula is C15H16ClN3OS. The number of Topliss-reactive ketones (excluding diaryl/α,β-unsaturated/α-hetero) is 1. The Kier molecular flexibility index (Phi) is 4.31. The van der Waals surface area contributed by atoms with Gasteiger partial charge in [0.05, 0.1) is 10.3 Å². The molecule has 0 bridgehead atoms. The fourth-order valence-electron chi connectivity index (χ4n) is 2.50. The third-order valence-corrected chi connectivity index (χ3v) is 5.37. The topological polar surface area (TPSA) is 47.8 Å². The quantitative estimate of drug-likeness (QED) is 0.864. The first-order valence-electron chi connectivity index (χ1n) is 7.00. The molecule has 3 rings (SSSR count). The Bertz CT molecular complexity index is 671. The number of ketones is 1. The van der Waals surface area contributed by atoms with Gasteiger partial charge in [0.25, 0.3) is 0 Å². The van der Waals surface area contributed by atoms with E-state index in [1.807, 2.05) is 35.9 Å². The van der Waals surface area contributed by atoms with E-state index in [1.165, 1.54) is 11.8 Å². The number of benzene rings is 1. The number of carbonyl (C=O) groups excluding carboxylic acids is 1. The maximum atomic E-state index is 11.9. The Labute approximate surface area is 132 Å². The summed E-state index contributed by atoms with van der Waals surface area (Å²) < 4.78 is 1.91. The van der Waals surface area contributed by atoms with Crippen molar-refractivity contribution in [2.24, 2.45) is 7.05 Å². The molecule has 4 nitrogen and oxygen atoms in total. The molecular weight excluding hydrogens is 306 g/mol. The van der Waals surface area contributed by atoms with Crippen molar-refractivity contribution in [3.05, 3.63) is 29.3 Å². The molecule has 0 saturated heterocycles. The molecule has 6 heteroatoms. The molecule has 1 fully saturated rings. The highest BCUT2D eigenvalue weighted by molar-refractivity contribution is 8.00. The van der Waals surface area contributed by atoms with E-state index in [1.54, 1.807) is 0 Å². The molecule has 0 aliphatic heterocycles. The SMILES string of the molecule is Cn1c(S[C@H]2CCCCC2=O)nnc1-c1ccccc1Cl. The van der Waals surface area contributed by atoms with Crippen LogP contribution in [0.4, 0.5) is 0 Å². The van der Waals surface area contributed by atoms with E-state index in [4.69, 9.17) is 11.6 Å². The van der Waals surface area contributed by atoms with Gasteiger partial charge in [-0.25, -0.2) is 0 Å². The second-order valence-electron chi connectivity index (χ2n) is 5.16. The predicted molar refractivity (Wildman–Crippen MR) is 84.6 cm³/mol. The fourth-order valence-corrected chi connectivity index (χ4v) is 3.84. The van der Waals surface area contributed by atoms with Crippen molar-refractivity contribution in [2.75, 3.05) is 0 Å². The van der Waals surface area contributed by atoms with Gasteiger partial charge in [0.1, 0.15) is 5.78 Å². The van der Waals surface area contributed by atoms with Crippen LogP contribution in [0.1, 0.15) is 25.7 Å². The zero-order valence-corrected chi connectivity index (χ0v) is 13.3.